The van der Waals surface area contributed by atoms with E-state index < -0.39 is 11.6 Å². The van der Waals surface area contributed by atoms with Gasteiger partial charge in [-0.15, -0.1) is 0 Å². The first kappa shape index (κ1) is 13.7. The molecule has 18 heavy (non-hydrogen) atoms. The van der Waals surface area contributed by atoms with Crippen LogP contribution in [0.1, 0.15) is 13.3 Å². The molecule has 0 aromatic rings. The highest BCUT2D eigenvalue weighted by atomic mass is 16.5. The Hall–Kier alpha value is -0.690. The maximum Gasteiger partial charge on any atom is 0.336 e. The van der Waals surface area contributed by atoms with Crippen molar-refractivity contribution in [2.45, 2.75) is 25.0 Å². The van der Waals surface area contributed by atoms with E-state index in [2.05, 4.69) is 4.90 Å². The zero-order chi connectivity index (χ0) is 13.2. The summed E-state index contributed by atoms with van der Waals surface area (Å²) in [7, 11) is 0. The van der Waals surface area contributed by atoms with Gasteiger partial charge in [0.25, 0.3) is 0 Å². The monoisotopic (exact) mass is 258 g/mol. The molecule has 2 aliphatic heterocycles. The Balaban J connectivity index is 1.82. The maximum atomic E-state index is 10.9. The lowest BCUT2D eigenvalue weighted by Gasteiger charge is -2.32. The summed E-state index contributed by atoms with van der Waals surface area (Å²) in [5.41, 5.74) is -1.65. The molecule has 2 saturated heterocycles. The van der Waals surface area contributed by atoms with E-state index in [1.54, 1.807) is 0 Å². The number of likely N-dealkylation sites (tertiary alicyclic amines) is 1. The van der Waals surface area contributed by atoms with Crippen LogP contribution in [0.4, 0.5) is 0 Å². The molecule has 2 aliphatic rings. The summed E-state index contributed by atoms with van der Waals surface area (Å²) in [5.74, 6) is -1.16. The number of hydrogen-bond donors (Lipinski definition) is 2. The van der Waals surface area contributed by atoms with E-state index in [9.17, 15) is 9.90 Å². The quantitative estimate of drug-likeness (QED) is 0.690. The molecular formula is C12H22N2O4. The summed E-state index contributed by atoms with van der Waals surface area (Å²) < 4.78 is 5.33. The maximum absolute atomic E-state index is 10.9. The van der Waals surface area contributed by atoms with Gasteiger partial charge in [-0.2, -0.15) is 0 Å². The van der Waals surface area contributed by atoms with Crippen LogP contribution in [-0.4, -0.2) is 83.6 Å². The zero-order valence-corrected chi connectivity index (χ0v) is 10.8. The molecule has 2 fully saturated rings. The molecule has 6 nitrogen and oxygen atoms in total. The van der Waals surface area contributed by atoms with Crippen LogP contribution in [0.25, 0.3) is 0 Å². The van der Waals surface area contributed by atoms with Crippen LogP contribution in [0, 0.1) is 0 Å². The number of rotatable bonds is 4. The minimum absolute atomic E-state index is 0.198. The van der Waals surface area contributed by atoms with Crippen LogP contribution in [-0.2, 0) is 9.53 Å². The van der Waals surface area contributed by atoms with E-state index in [-0.39, 0.29) is 6.54 Å². The predicted octanol–water partition coefficient (Wildman–Crippen LogP) is -0.771. The number of aliphatic carboxylic acids is 1. The van der Waals surface area contributed by atoms with Gasteiger partial charge < -0.3 is 14.9 Å². The molecule has 6 heteroatoms. The molecule has 2 atom stereocenters. The van der Waals surface area contributed by atoms with E-state index in [0.29, 0.717) is 6.04 Å². The van der Waals surface area contributed by atoms with Gasteiger partial charge in [-0.25, -0.2) is 4.79 Å². The molecule has 0 spiro atoms. The fourth-order valence-corrected chi connectivity index (χ4v) is 2.70. The van der Waals surface area contributed by atoms with E-state index in [0.717, 1.165) is 45.8 Å². The zero-order valence-electron chi connectivity index (χ0n) is 10.8. The highest BCUT2D eigenvalue weighted by Gasteiger charge is 2.36. The van der Waals surface area contributed by atoms with E-state index >= 15 is 0 Å². The molecular weight excluding hydrogens is 236 g/mol. The Labute approximate surface area is 107 Å². The number of morpholine rings is 1. The lowest BCUT2D eigenvalue weighted by Crippen LogP contribution is -2.48. The molecule has 0 radical (unpaired) electrons. The second-order valence-corrected chi connectivity index (χ2v) is 5.40. The largest absolute Gasteiger partial charge is 0.479 e. The molecule has 104 valence electrons. The van der Waals surface area contributed by atoms with Crippen molar-refractivity contribution in [1.29, 1.82) is 0 Å². The fraction of sp³-hybridized carbons (Fsp3) is 0.917. The summed E-state index contributed by atoms with van der Waals surface area (Å²) in [4.78, 5) is 15.3. The topological polar surface area (TPSA) is 73.2 Å². The number of carboxylic acid groups (broad SMARTS) is 1. The van der Waals surface area contributed by atoms with E-state index in [1.165, 1.54) is 6.92 Å². The van der Waals surface area contributed by atoms with Crippen LogP contribution in [0.3, 0.4) is 0 Å². The Morgan fingerprint density at radius 3 is 2.67 bits per heavy atom. The number of aliphatic hydroxyl groups is 1. The van der Waals surface area contributed by atoms with Crippen LogP contribution < -0.4 is 0 Å². The number of carboxylic acids is 1. The number of carbonyl (C=O) groups is 1. The van der Waals surface area contributed by atoms with Crippen molar-refractivity contribution in [2.24, 2.45) is 0 Å². The van der Waals surface area contributed by atoms with Crippen molar-refractivity contribution < 1.29 is 19.7 Å². The molecule has 0 aromatic carbocycles. The highest BCUT2D eigenvalue weighted by Crippen LogP contribution is 2.19. The second kappa shape index (κ2) is 5.52. The average Bonchev–Trinajstić information content (AvgIpc) is 2.78. The van der Waals surface area contributed by atoms with Gasteiger partial charge >= 0.3 is 5.97 Å². The van der Waals surface area contributed by atoms with Gasteiger partial charge in [0.2, 0.25) is 0 Å². The number of ether oxygens (including phenoxy) is 1. The molecule has 2 rings (SSSR count). The van der Waals surface area contributed by atoms with Gasteiger partial charge in [-0.3, -0.25) is 9.80 Å². The summed E-state index contributed by atoms with van der Waals surface area (Å²) in [6.45, 7) is 6.71. The number of nitrogens with zero attached hydrogens (tertiary/aromatic N) is 2. The Kier molecular flexibility index (Phi) is 4.21. The third-order valence-corrected chi connectivity index (χ3v) is 3.80. The van der Waals surface area contributed by atoms with Crippen LogP contribution >= 0.6 is 0 Å². The van der Waals surface area contributed by atoms with Crippen LogP contribution in [0.5, 0.6) is 0 Å². The third kappa shape index (κ3) is 3.20. The molecule has 0 aliphatic carbocycles. The lowest BCUT2D eigenvalue weighted by atomic mass is 10.1. The van der Waals surface area contributed by atoms with Gasteiger partial charge in [-0.05, 0) is 19.9 Å². The van der Waals surface area contributed by atoms with Crippen molar-refractivity contribution in [3.63, 3.8) is 0 Å². The standard InChI is InChI=1S/C12H22N2O4/c1-12(17,11(15)16)9-13-3-2-10(8-13)14-4-6-18-7-5-14/h10,17H,2-9H2,1H3,(H,15,16). The summed E-state index contributed by atoms with van der Waals surface area (Å²) >= 11 is 0. The first-order chi connectivity index (χ1) is 8.49. The first-order valence-corrected chi connectivity index (χ1v) is 6.49. The smallest absolute Gasteiger partial charge is 0.336 e. The SMILES string of the molecule is CC(O)(CN1CCC(N2CCOCC2)C1)C(=O)O. The molecule has 2 heterocycles. The van der Waals surface area contributed by atoms with Crippen molar-refractivity contribution in [3.05, 3.63) is 0 Å². The molecule has 0 bridgehead atoms. The number of β-amino-alcohol motifs (C(OH)–C–C–N with tert-alkyl or cyclic N) is 1. The van der Waals surface area contributed by atoms with Crippen molar-refractivity contribution >= 4 is 5.97 Å². The van der Waals surface area contributed by atoms with Crippen molar-refractivity contribution in [3.8, 4) is 0 Å². The molecule has 0 aromatic heterocycles. The van der Waals surface area contributed by atoms with Crippen molar-refractivity contribution in [1.82, 2.24) is 9.80 Å². The molecule has 2 N–H and O–H groups in total. The number of hydrogen-bond acceptors (Lipinski definition) is 5. The predicted molar refractivity (Wildman–Crippen MR) is 65.5 cm³/mol. The minimum Gasteiger partial charge on any atom is -0.479 e. The average molecular weight is 258 g/mol. The normalized spacial score (nSPS) is 30.2. The Morgan fingerprint density at radius 1 is 1.39 bits per heavy atom. The second-order valence-electron chi connectivity index (χ2n) is 5.40. The van der Waals surface area contributed by atoms with Gasteiger partial charge in [0.1, 0.15) is 0 Å². The lowest BCUT2D eigenvalue weighted by molar-refractivity contribution is -0.158. The van der Waals surface area contributed by atoms with Gasteiger partial charge in [0.15, 0.2) is 5.60 Å². The van der Waals surface area contributed by atoms with Gasteiger partial charge in [-0.1, -0.05) is 0 Å². The van der Waals surface area contributed by atoms with Gasteiger partial charge in [0.05, 0.1) is 13.2 Å². The third-order valence-electron chi connectivity index (χ3n) is 3.80. The van der Waals surface area contributed by atoms with E-state index in [1.807, 2.05) is 4.90 Å². The van der Waals surface area contributed by atoms with Crippen LogP contribution in [0.2, 0.25) is 0 Å². The van der Waals surface area contributed by atoms with Gasteiger partial charge in [0, 0.05) is 32.2 Å². The Morgan fingerprint density at radius 2 is 2.06 bits per heavy atom. The van der Waals surface area contributed by atoms with Crippen LogP contribution in [0.15, 0.2) is 0 Å². The first-order valence-electron chi connectivity index (χ1n) is 6.49. The summed E-state index contributed by atoms with van der Waals surface area (Å²) in [6.07, 6.45) is 1.04. The highest BCUT2D eigenvalue weighted by molar-refractivity contribution is 5.76. The fourth-order valence-electron chi connectivity index (χ4n) is 2.70. The molecule has 0 amide bonds. The van der Waals surface area contributed by atoms with E-state index in [4.69, 9.17) is 9.84 Å². The minimum atomic E-state index is -1.65. The Bertz CT molecular complexity index is 302. The summed E-state index contributed by atoms with van der Waals surface area (Å²) in [6, 6.07) is 0.471. The molecule has 2 unspecified atom stereocenters. The van der Waals surface area contributed by atoms with Crippen molar-refractivity contribution in [2.75, 3.05) is 45.9 Å². The summed E-state index contributed by atoms with van der Waals surface area (Å²) in [5, 5.41) is 18.7. The molecule has 0 saturated carbocycles.